The molecule has 0 bridgehead atoms. The zero-order chi connectivity index (χ0) is 16.1. The fourth-order valence-corrected chi connectivity index (χ4v) is 2.96. The molecule has 0 aliphatic carbocycles. The van der Waals surface area contributed by atoms with Crippen molar-refractivity contribution in [3.05, 3.63) is 29.5 Å². The van der Waals surface area contributed by atoms with Crippen molar-refractivity contribution in [2.45, 2.75) is 44.9 Å². The van der Waals surface area contributed by atoms with Crippen LogP contribution in [0.3, 0.4) is 0 Å². The predicted molar refractivity (Wildman–Crippen MR) is 84.5 cm³/mol. The SMILES string of the molecule is Cn1nc([C@H]2CCC(=O)NC2=O)c2ccc(C(C)(C)C)cc21. The fourth-order valence-electron chi connectivity index (χ4n) is 2.96. The van der Waals surface area contributed by atoms with Crippen LogP contribution in [0.4, 0.5) is 0 Å². The average molecular weight is 299 g/mol. The van der Waals surface area contributed by atoms with Gasteiger partial charge in [0, 0.05) is 18.9 Å². The summed E-state index contributed by atoms with van der Waals surface area (Å²) in [6.45, 7) is 6.52. The van der Waals surface area contributed by atoms with E-state index in [-0.39, 0.29) is 23.1 Å². The summed E-state index contributed by atoms with van der Waals surface area (Å²) in [6, 6.07) is 6.28. The highest BCUT2D eigenvalue weighted by molar-refractivity contribution is 6.02. The minimum atomic E-state index is -0.345. The van der Waals surface area contributed by atoms with Crippen molar-refractivity contribution >= 4 is 22.7 Å². The van der Waals surface area contributed by atoms with Gasteiger partial charge in [-0.05, 0) is 23.5 Å². The highest BCUT2D eigenvalue weighted by atomic mass is 16.2. The van der Waals surface area contributed by atoms with Crippen molar-refractivity contribution in [1.29, 1.82) is 0 Å². The molecular weight excluding hydrogens is 278 g/mol. The first-order valence-corrected chi connectivity index (χ1v) is 7.58. The Kier molecular flexibility index (Phi) is 3.31. The number of fused-ring (bicyclic) bond motifs is 1. The predicted octanol–water partition coefficient (Wildman–Crippen LogP) is 2.39. The summed E-state index contributed by atoms with van der Waals surface area (Å²) in [6.07, 6.45) is 0.895. The van der Waals surface area contributed by atoms with Crippen LogP contribution in [-0.2, 0) is 22.1 Å². The molecular formula is C17H21N3O2. The number of carbonyl (C=O) groups is 2. The van der Waals surface area contributed by atoms with Crippen molar-refractivity contribution in [2.24, 2.45) is 7.05 Å². The largest absolute Gasteiger partial charge is 0.296 e. The molecule has 2 aromatic rings. The quantitative estimate of drug-likeness (QED) is 0.822. The smallest absolute Gasteiger partial charge is 0.235 e. The van der Waals surface area contributed by atoms with Gasteiger partial charge in [-0.2, -0.15) is 5.10 Å². The Labute approximate surface area is 129 Å². The molecule has 1 fully saturated rings. The van der Waals surface area contributed by atoms with E-state index in [9.17, 15) is 9.59 Å². The molecule has 3 rings (SSSR count). The summed E-state index contributed by atoms with van der Waals surface area (Å²) in [7, 11) is 1.89. The van der Waals surface area contributed by atoms with E-state index in [0.717, 1.165) is 16.6 Å². The number of hydrogen-bond donors (Lipinski definition) is 1. The number of benzene rings is 1. The van der Waals surface area contributed by atoms with Gasteiger partial charge < -0.3 is 0 Å². The first-order chi connectivity index (χ1) is 10.3. The average Bonchev–Trinajstić information content (AvgIpc) is 2.75. The molecule has 1 aromatic heterocycles. The first-order valence-electron chi connectivity index (χ1n) is 7.58. The van der Waals surface area contributed by atoms with Gasteiger partial charge in [0.25, 0.3) is 0 Å². The lowest BCUT2D eigenvalue weighted by molar-refractivity contribution is -0.134. The standard InChI is InChI=1S/C17H21N3O2/c1-17(2,3)10-5-6-11-13(9-10)20(4)19-15(11)12-7-8-14(21)18-16(12)22/h5-6,9,12H,7-8H2,1-4H3,(H,18,21,22)/t12-/m1/s1. The van der Waals surface area contributed by atoms with Gasteiger partial charge in [0.2, 0.25) is 11.8 Å². The lowest BCUT2D eigenvalue weighted by atomic mass is 9.86. The summed E-state index contributed by atoms with van der Waals surface area (Å²) in [5, 5.41) is 7.96. The molecule has 22 heavy (non-hydrogen) atoms. The molecule has 1 atom stereocenters. The van der Waals surface area contributed by atoms with Crippen LogP contribution in [0.25, 0.3) is 10.9 Å². The van der Waals surface area contributed by atoms with E-state index >= 15 is 0 Å². The zero-order valence-corrected chi connectivity index (χ0v) is 13.4. The molecule has 5 nitrogen and oxygen atoms in total. The molecule has 1 saturated heterocycles. The number of rotatable bonds is 1. The zero-order valence-electron chi connectivity index (χ0n) is 13.4. The van der Waals surface area contributed by atoms with Gasteiger partial charge in [-0.15, -0.1) is 0 Å². The maximum Gasteiger partial charge on any atom is 0.235 e. The molecule has 5 heteroatoms. The van der Waals surface area contributed by atoms with Crippen molar-refractivity contribution in [1.82, 2.24) is 15.1 Å². The summed E-state index contributed by atoms with van der Waals surface area (Å²) in [5.41, 5.74) is 3.08. The molecule has 0 unspecified atom stereocenters. The third-order valence-corrected chi connectivity index (χ3v) is 4.32. The van der Waals surface area contributed by atoms with E-state index < -0.39 is 0 Å². The third-order valence-electron chi connectivity index (χ3n) is 4.32. The number of aromatic nitrogens is 2. The van der Waals surface area contributed by atoms with Crippen molar-refractivity contribution in [3.8, 4) is 0 Å². The van der Waals surface area contributed by atoms with Crippen LogP contribution >= 0.6 is 0 Å². The van der Waals surface area contributed by atoms with E-state index in [4.69, 9.17) is 0 Å². The number of imide groups is 1. The number of carbonyl (C=O) groups excluding carboxylic acids is 2. The number of piperidine rings is 1. The Morgan fingerprint density at radius 1 is 1.27 bits per heavy atom. The summed E-state index contributed by atoms with van der Waals surface area (Å²) in [4.78, 5) is 23.4. The summed E-state index contributed by atoms with van der Waals surface area (Å²) >= 11 is 0. The molecule has 1 aliphatic rings. The van der Waals surface area contributed by atoms with E-state index in [1.165, 1.54) is 5.56 Å². The minimum absolute atomic E-state index is 0.0628. The highest BCUT2D eigenvalue weighted by Crippen LogP contribution is 2.32. The molecule has 2 heterocycles. The Morgan fingerprint density at radius 2 is 2.00 bits per heavy atom. The summed E-state index contributed by atoms with van der Waals surface area (Å²) < 4.78 is 1.82. The minimum Gasteiger partial charge on any atom is -0.296 e. The Hall–Kier alpha value is -2.17. The van der Waals surface area contributed by atoms with Crippen LogP contribution in [0, 0.1) is 0 Å². The lowest BCUT2D eigenvalue weighted by Crippen LogP contribution is -2.39. The van der Waals surface area contributed by atoms with Gasteiger partial charge in [0.05, 0.1) is 17.1 Å². The number of amides is 2. The lowest BCUT2D eigenvalue weighted by Gasteiger charge is -2.20. The number of nitrogens with zero attached hydrogens (tertiary/aromatic N) is 2. The molecule has 1 aromatic carbocycles. The topological polar surface area (TPSA) is 64.0 Å². The first kappa shape index (κ1) is 14.8. The maximum atomic E-state index is 12.1. The molecule has 116 valence electrons. The van der Waals surface area contributed by atoms with E-state index in [1.54, 1.807) is 0 Å². The van der Waals surface area contributed by atoms with Gasteiger partial charge in [-0.1, -0.05) is 32.9 Å². The Balaban J connectivity index is 2.09. The second kappa shape index (κ2) is 4.93. The van der Waals surface area contributed by atoms with E-state index in [0.29, 0.717) is 12.8 Å². The van der Waals surface area contributed by atoms with Crippen LogP contribution in [0.2, 0.25) is 0 Å². The van der Waals surface area contributed by atoms with Crippen molar-refractivity contribution < 1.29 is 9.59 Å². The number of hydrogen-bond acceptors (Lipinski definition) is 3. The number of aryl methyl sites for hydroxylation is 1. The van der Waals surface area contributed by atoms with Gasteiger partial charge >= 0.3 is 0 Å². The van der Waals surface area contributed by atoms with Crippen LogP contribution in [0.1, 0.15) is 50.8 Å². The molecule has 1 aliphatic heterocycles. The second-order valence-electron chi connectivity index (χ2n) is 6.99. The van der Waals surface area contributed by atoms with Gasteiger partial charge in [-0.3, -0.25) is 19.6 Å². The van der Waals surface area contributed by atoms with Crippen molar-refractivity contribution in [3.63, 3.8) is 0 Å². The summed E-state index contributed by atoms with van der Waals surface area (Å²) in [5.74, 6) is -0.783. The molecule has 1 N–H and O–H groups in total. The molecule has 0 spiro atoms. The number of nitrogens with one attached hydrogen (secondary N) is 1. The highest BCUT2D eigenvalue weighted by Gasteiger charge is 2.31. The van der Waals surface area contributed by atoms with Crippen molar-refractivity contribution in [2.75, 3.05) is 0 Å². The molecule has 2 amide bonds. The molecule has 0 saturated carbocycles. The van der Waals surface area contributed by atoms with Gasteiger partial charge in [-0.25, -0.2) is 0 Å². The third kappa shape index (κ3) is 2.40. The van der Waals surface area contributed by atoms with Gasteiger partial charge in [0.1, 0.15) is 0 Å². The Bertz CT molecular complexity index is 768. The van der Waals surface area contributed by atoms with Crippen LogP contribution in [0.5, 0.6) is 0 Å². The van der Waals surface area contributed by atoms with Crippen LogP contribution in [-0.4, -0.2) is 21.6 Å². The van der Waals surface area contributed by atoms with Gasteiger partial charge in [0.15, 0.2) is 0 Å². The fraction of sp³-hybridized carbons (Fsp3) is 0.471. The second-order valence-corrected chi connectivity index (χ2v) is 6.99. The van der Waals surface area contributed by atoms with E-state index in [1.807, 2.05) is 17.8 Å². The maximum absolute atomic E-state index is 12.1. The monoisotopic (exact) mass is 299 g/mol. The Morgan fingerprint density at radius 3 is 2.64 bits per heavy atom. The molecule has 0 radical (unpaired) electrons. The van der Waals surface area contributed by atoms with Crippen LogP contribution in [0.15, 0.2) is 18.2 Å². The van der Waals surface area contributed by atoms with E-state index in [2.05, 4.69) is 43.3 Å². The van der Waals surface area contributed by atoms with Crippen LogP contribution < -0.4 is 5.32 Å². The normalized spacial score (nSPS) is 19.5.